The van der Waals surface area contributed by atoms with E-state index in [0.29, 0.717) is 0 Å². The lowest BCUT2D eigenvalue weighted by Crippen LogP contribution is -2.16. The first-order valence-electron chi connectivity index (χ1n) is 16.1. The molecular weight excluding hydrogens is 1010 g/mol. The van der Waals surface area contributed by atoms with Crippen molar-refractivity contribution in [3.8, 4) is 17.2 Å². The van der Waals surface area contributed by atoms with Gasteiger partial charge in [-0.05, 0) is 30.3 Å². The number of azo groups is 2. The van der Waals surface area contributed by atoms with Crippen molar-refractivity contribution in [3.63, 3.8) is 0 Å². The van der Waals surface area contributed by atoms with E-state index in [0.717, 1.165) is 56.7 Å². The number of methoxy groups -OCH3 is 2. The fraction of sp³-hybridized carbons (Fsp3) is 0.214. The quantitative estimate of drug-likeness (QED) is 0.0136. The molecule has 4 aromatic carbocycles. The van der Waals surface area contributed by atoms with Gasteiger partial charge in [0.05, 0.1) is 83.4 Å². The van der Waals surface area contributed by atoms with Crippen molar-refractivity contribution in [1.82, 2.24) is 0 Å². The molecular formula is C28H29N5O24S7. The largest absolute Gasteiger partial charge is 0.505 e. The highest BCUT2D eigenvalue weighted by Gasteiger charge is 2.28. The molecule has 0 aliphatic rings. The highest BCUT2D eigenvalue weighted by Crippen LogP contribution is 2.49. The van der Waals surface area contributed by atoms with Crippen molar-refractivity contribution in [1.29, 1.82) is 0 Å². The first-order chi connectivity index (χ1) is 29.8. The van der Waals surface area contributed by atoms with Crippen LogP contribution < -0.4 is 15.2 Å². The average molecular weight is 1040 g/mol. The third kappa shape index (κ3) is 13.5. The van der Waals surface area contributed by atoms with E-state index < -0.39 is 134 Å². The number of rotatable bonds is 23. The number of ether oxygens (including phenoxy) is 2. The minimum absolute atomic E-state index is 0.114. The SMILES string of the molecule is COc1cc(S(=O)(=O)CCOS(=O)(=O)O)c(OC)cc1N=Nc1c(SOOO)cc2c(S(=O)(=O)O)c(N)c(N=Nc3ccc(S(=O)(=O)CCOS(=O)(=O)O)cc3SOOO)cc2c1O. The summed E-state index contributed by atoms with van der Waals surface area (Å²) in [6.07, 6.45) is 0. The molecule has 0 amide bonds. The normalized spacial score (nSPS) is 13.0. The Bertz CT molecular complexity index is 3040. The molecule has 0 saturated heterocycles. The number of hydrogen-bond donors (Lipinski definition) is 7. The van der Waals surface area contributed by atoms with E-state index in [2.05, 4.69) is 47.6 Å². The molecule has 4 rings (SSSR count). The Hall–Kier alpha value is -4.45. The Balaban J connectivity index is 1.89. The summed E-state index contributed by atoms with van der Waals surface area (Å²) in [7, 11) is -21.9. The van der Waals surface area contributed by atoms with Crippen LogP contribution in [-0.4, -0.2) is 110 Å². The molecule has 0 bridgehead atoms. The van der Waals surface area contributed by atoms with Crippen LogP contribution in [0.4, 0.5) is 28.4 Å². The summed E-state index contributed by atoms with van der Waals surface area (Å²) in [4.78, 5) is -2.78. The Morgan fingerprint density at radius 2 is 1.17 bits per heavy atom. The van der Waals surface area contributed by atoms with Crippen LogP contribution in [0.1, 0.15) is 0 Å². The van der Waals surface area contributed by atoms with Gasteiger partial charge in [0.2, 0.25) is 0 Å². The zero-order valence-corrected chi connectivity index (χ0v) is 37.3. The molecule has 0 saturated carbocycles. The van der Waals surface area contributed by atoms with Crippen molar-refractivity contribution < 1.29 is 108 Å². The van der Waals surface area contributed by atoms with Crippen molar-refractivity contribution in [2.75, 3.05) is 44.7 Å². The van der Waals surface area contributed by atoms with E-state index in [1.165, 1.54) is 0 Å². The van der Waals surface area contributed by atoms with Crippen LogP contribution in [0.25, 0.3) is 10.8 Å². The third-order valence-electron chi connectivity index (χ3n) is 7.67. The molecule has 0 spiro atoms. The van der Waals surface area contributed by atoms with Gasteiger partial charge >= 0.3 is 20.8 Å². The summed E-state index contributed by atoms with van der Waals surface area (Å²) in [5.74, 6) is -3.57. The number of sulfone groups is 2. The lowest BCUT2D eigenvalue weighted by Gasteiger charge is -2.15. The van der Waals surface area contributed by atoms with Gasteiger partial charge in [-0.15, -0.1) is 29.1 Å². The minimum atomic E-state index is -5.34. The van der Waals surface area contributed by atoms with E-state index in [4.69, 9.17) is 34.8 Å². The van der Waals surface area contributed by atoms with Gasteiger partial charge in [-0.2, -0.15) is 25.3 Å². The predicted octanol–water partition coefficient (Wildman–Crippen LogP) is 4.27. The summed E-state index contributed by atoms with van der Waals surface area (Å²) in [5, 5.41) is 51.0. The highest BCUT2D eigenvalue weighted by molar-refractivity contribution is 7.95. The van der Waals surface area contributed by atoms with E-state index in [1.807, 2.05) is 0 Å². The topological polar surface area (TPSA) is 441 Å². The molecule has 36 heteroatoms. The van der Waals surface area contributed by atoms with E-state index in [-0.39, 0.29) is 46.1 Å². The lowest BCUT2D eigenvalue weighted by molar-refractivity contribution is -0.432. The second-order valence-corrected chi connectivity index (χ2v) is 20.8. The van der Waals surface area contributed by atoms with E-state index in [9.17, 15) is 51.7 Å². The smallest absolute Gasteiger partial charge is 0.397 e. The van der Waals surface area contributed by atoms with E-state index in [1.54, 1.807) is 0 Å². The molecule has 0 fully saturated rings. The van der Waals surface area contributed by atoms with Crippen molar-refractivity contribution in [3.05, 3.63) is 42.5 Å². The van der Waals surface area contributed by atoms with Crippen LogP contribution in [0, 0.1) is 0 Å². The van der Waals surface area contributed by atoms with Gasteiger partial charge in [0, 0.05) is 22.9 Å². The maximum Gasteiger partial charge on any atom is 0.397 e. The first kappa shape index (κ1) is 52.2. The van der Waals surface area contributed by atoms with Gasteiger partial charge in [-0.3, -0.25) is 13.7 Å². The molecule has 29 nitrogen and oxygen atoms in total. The first-order valence-corrected chi connectivity index (χ1v) is 25.0. The predicted molar refractivity (Wildman–Crippen MR) is 215 cm³/mol. The molecule has 0 heterocycles. The van der Waals surface area contributed by atoms with Gasteiger partial charge in [0.25, 0.3) is 10.1 Å². The Labute approximate surface area is 369 Å². The molecule has 0 atom stereocenters. The number of phenols is 1. The zero-order chi connectivity index (χ0) is 47.8. The molecule has 0 aliphatic carbocycles. The Morgan fingerprint density at radius 1 is 0.625 bits per heavy atom. The number of hydrogen-bond acceptors (Lipinski definition) is 28. The molecule has 4 aromatic rings. The van der Waals surface area contributed by atoms with Crippen LogP contribution >= 0.6 is 24.1 Å². The van der Waals surface area contributed by atoms with Gasteiger partial charge in [0.1, 0.15) is 44.0 Å². The molecule has 0 aliphatic heterocycles. The summed E-state index contributed by atoms with van der Waals surface area (Å²) in [5.41, 5.74) is 3.58. The number of phenolic OH excluding ortho intramolecular Hbond substituents is 1. The molecule has 0 radical (unpaired) electrons. The number of nitrogen functional groups attached to an aromatic ring is 1. The molecule has 0 aromatic heterocycles. The summed E-state index contributed by atoms with van der Waals surface area (Å²) in [6, 6.07) is 6.64. The van der Waals surface area contributed by atoms with Gasteiger partial charge in [0.15, 0.2) is 25.4 Å². The fourth-order valence-electron chi connectivity index (χ4n) is 5.03. The fourth-order valence-corrected chi connectivity index (χ4v) is 10.1. The standard InChI is InChI=1S/C28H29N5O24S7/c1-50-20-13-24(61(39,40)8-6-53-64(47,48)49)21(51-2)12-18(20)31-33-26-23(59-57-55-36)11-16-15(27(26)34)10-19(25(29)28(16)62(41,42)43)32-30-17-4-3-14(9-22(17)58-56-54-35)60(37,38)7-5-52-63(44,45)46/h3-4,9-13,34-36H,5-8,29H2,1-2H3,(H,41,42,43)(H,44,45,46)(H,47,48,49). The lowest BCUT2D eigenvalue weighted by atomic mass is 10.1. The van der Waals surface area contributed by atoms with Gasteiger partial charge in [-0.1, -0.05) is 10.1 Å². The number of fused-ring (bicyclic) bond motifs is 1. The summed E-state index contributed by atoms with van der Waals surface area (Å²) >= 11 is 0.286. The third-order valence-corrected chi connectivity index (χ3v) is 14.2. The van der Waals surface area contributed by atoms with Gasteiger partial charge < -0.3 is 20.3 Å². The molecule has 352 valence electrons. The van der Waals surface area contributed by atoms with E-state index >= 15 is 0 Å². The maximum atomic E-state index is 13.0. The number of nitrogens with two attached hydrogens (primary N) is 1. The molecule has 8 N–H and O–H groups in total. The number of benzene rings is 4. The zero-order valence-electron chi connectivity index (χ0n) is 31.6. The highest BCUT2D eigenvalue weighted by atomic mass is 32.3. The minimum Gasteiger partial charge on any atom is -0.505 e. The maximum absolute atomic E-state index is 13.0. The van der Waals surface area contributed by atoms with Crippen LogP contribution in [0.3, 0.4) is 0 Å². The van der Waals surface area contributed by atoms with Crippen LogP contribution in [-0.2, 0) is 77.7 Å². The van der Waals surface area contributed by atoms with Crippen LogP contribution in [0.5, 0.6) is 17.2 Å². The van der Waals surface area contributed by atoms with Crippen LogP contribution in [0.2, 0.25) is 0 Å². The Morgan fingerprint density at radius 3 is 1.72 bits per heavy atom. The average Bonchev–Trinajstić information content (AvgIpc) is 3.19. The summed E-state index contributed by atoms with van der Waals surface area (Å²) < 4.78 is 176. The number of aromatic hydroxyl groups is 1. The Kier molecular flexibility index (Phi) is 17.3. The van der Waals surface area contributed by atoms with Crippen molar-refractivity contribution in [2.24, 2.45) is 20.5 Å². The number of anilines is 1. The second kappa shape index (κ2) is 21.2. The number of nitrogens with zero attached hydrogens (tertiary/aromatic N) is 4. The van der Waals surface area contributed by atoms with Crippen molar-refractivity contribution in [2.45, 2.75) is 24.5 Å². The molecule has 0 unspecified atom stereocenters. The van der Waals surface area contributed by atoms with Gasteiger partial charge in [-0.25, -0.2) is 35.7 Å². The monoisotopic (exact) mass is 1040 g/mol. The molecule has 64 heavy (non-hydrogen) atoms. The van der Waals surface area contributed by atoms with Crippen LogP contribution in [0.15, 0.2) is 87.4 Å². The second-order valence-electron chi connectivity index (χ2n) is 11.6. The summed E-state index contributed by atoms with van der Waals surface area (Å²) in [6.45, 7) is -1.97. The van der Waals surface area contributed by atoms with Crippen molar-refractivity contribution >= 4 is 114 Å².